The van der Waals surface area contributed by atoms with Crippen LogP contribution in [0, 0.1) is 0 Å². The summed E-state index contributed by atoms with van der Waals surface area (Å²) in [7, 11) is 0. The molecule has 2 heterocycles. The first-order chi connectivity index (χ1) is 8.98. The van der Waals surface area contributed by atoms with Crippen molar-refractivity contribution in [2.45, 2.75) is 64.2 Å². The lowest BCUT2D eigenvalue weighted by atomic mass is 9.97. The highest BCUT2D eigenvalue weighted by molar-refractivity contribution is 5.76. The normalized spacial score (nSPS) is 25.5. The van der Waals surface area contributed by atoms with Gasteiger partial charge in [0, 0.05) is 32.9 Å². The number of hydrogen-bond acceptors (Lipinski definition) is 4. The van der Waals surface area contributed by atoms with Gasteiger partial charge in [0.15, 0.2) is 0 Å². The summed E-state index contributed by atoms with van der Waals surface area (Å²) in [5, 5.41) is 13.0. The molecule has 1 fully saturated rings. The van der Waals surface area contributed by atoms with E-state index in [1.165, 1.54) is 0 Å². The van der Waals surface area contributed by atoms with Gasteiger partial charge >= 0.3 is 6.09 Å². The van der Waals surface area contributed by atoms with Crippen LogP contribution in [-0.4, -0.2) is 40.4 Å². The van der Waals surface area contributed by atoms with Gasteiger partial charge in [-0.05, 0) is 37.3 Å². The van der Waals surface area contributed by atoms with Crippen LogP contribution in [-0.2, 0) is 9.57 Å². The van der Waals surface area contributed by atoms with Crippen LogP contribution in [0.15, 0.2) is 5.16 Å². The second kappa shape index (κ2) is 5.67. The van der Waals surface area contributed by atoms with Crippen molar-refractivity contribution >= 4 is 12.0 Å². The molecule has 0 aliphatic carbocycles. The van der Waals surface area contributed by atoms with Crippen LogP contribution < -0.4 is 0 Å². The average molecular weight is 270 g/mol. The molecule has 6 nitrogen and oxygen atoms in total. The minimum atomic E-state index is -0.802. The van der Waals surface area contributed by atoms with Crippen molar-refractivity contribution < 1.29 is 19.5 Å². The molecule has 1 amide bonds. The van der Waals surface area contributed by atoms with Gasteiger partial charge in [0.2, 0.25) is 5.90 Å². The van der Waals surface area contributed by atoms with Gasteiger partial charge in [-0.2, -0.15) is 0 Å². The number of oxime groups is 1. The number of nitrogens with zero attached hydrogens (tertiary/aromatic N) is 2. The van der Waals surface area contributed by atoms with E-state index in [0.29, 0.717) is 18.9 Å². The lowest BCUT2D eigenvalue weighted by molar-refractivity contribution is -0.129. The quantitative estimate of drug-likeness (QED) is 0.852. The third-order valence-corrected chi connectivity index (χ3v) is 3.53. The van der Waals surface area contributed by atoms with Crippen molar-refractivity contribution in [2.24, 2.45) is 5.16 Å². The monoisotopic (exact) mass is 270 g/mol. The Balaban J connectivity index is 1.74. The number of piperidine rings is 1. The number of amides is 1. The second-order valence-corrected chi connectivity index (χ2v) is 5.60. The Morgan fingerprint density at radius 1 is 1.53 bits per heavy atom. The molecule has 0 aromatic rings. The van der Waals surface area contributed by atoms with Crippen LogP contribution in [0.3, 0.4) is 0 Å². The summed E-state index contributed by atoms with van der Waals surface area (Å²) in [4.78, 5) is 17.8. The van der Waals surface area contributed by atoms with Crippen LogP contribution >= 0.6 is 0 Å². The number of likely N-dealkylation sites (tertiary alicyclic amines) is 1. The Bertz CT molecular complexity index is 368. The Hall–Kier alpha value is -1.46. The van der Waals surface area contributed by atoms with Crippen molar-refractivity contribution in [1.82, 2.24) is 4.90 Å². The van der Waals surface area contributed by atoms with E-state index >= 15 is 0 Å². The zero-order valence-electron chi connectivity index (χ0n) is 11.6. The zero-order chi connectivity index (χ0) is 13.9. The minimum Gasteiger partial charge on any atom is -0.465 e. The first-order valence-electron chi connectivity index (χ1n) is 6.91. The number of ether oxygens (including phenoxy) is 1. The summed E-state index contributed by atoms with van der Waals surface area (Å²) in [5.74, 6) is -0.0459. The van der Waals surface area contributed by atoms with Crippen LogP contribution in [0.1, 0.15) is 52.4 Å². The highest BCUT2D eigenvalue weighted by atomic mass is 16.8. The molecule has 0 spiro atoms. The van der Waals surface area contributed by atoms with E-state index in [0.717, 1.165) is 32.1 Å². The van der Waals surface area contributed by atoms with E-state index in [1.807, 2.05) is 13.8 Å². The van der Waals surface area contributed by atoms with Gasteiger partial charge < -0.3 is 19.6 Å². The highest BCUT2D eigenvalue weighted by Gasteiger charge is 2.30. The molecule has 108 valence electrons. The number of carbonyl (C=O) groups is 1. The van der Waals surface area contributed by atoms with Crippen molar-refractivity contribution in [1.29, 1.82) is 0 Å². The fourth-order valence-electron chi connectivity index (χ4n) is 2.62. The predicted octanol–water partition coefficient (Wildman–Crippen LogP) is 2.79. The maximum atomic E-state index is 11.1. The predicted molar refractivity (Wildman–Crippen MR) is 69.9 cm³/mol. The van der Waals surface area contributed by atoms with E-state index in [9.17, 15) is 4.79 Å². The first kappa shape index (κ1) is 14.0. The molecule has 0 aromatic heterocycles. The zero-order valence-corrected chi connectivity index (χ0v) is 11.6. The second-order valence-electron chi connectivity index (χ2n) is 5.60. The molecule has 1 saturated heterocycles. The van der Waals surface area contributed by atoms with Gasteiger partial charge in [0.25, 0.3) is 5.79 Å². The summed E-state index contributed by atoms with van der Waals surface area (Å²) in [6, 6.07) is 0.141. The van der Waals surface area contributed by atoms with Crippen LogP contribution in [0.2, 0.25) is 0 Å². The van der Waals surface area contributed by atoms with Gasteiger partial charge in [0.05, 0.1) is 0 Å². The van der Waals surface area contributed by atoms with E-state index in [-0.39, 0.29) is 6.04 Å². The summed E-state index contributed by atoms with van der Waals surface area (Å²) >= 11 is 0. The lowest BCUT2D eigenvalue weighted by Crippen LogP contribution is -2.42. The molecule has 0 bridgehead atoms. The van der Waals surface area contributed by atoms with E-state index < -0.39 is 11.9 Å². The number of carboxylic acid groups (broad SMARTS) is 1. The maximum absolute atomic E-state index is 11.1. The van der Waals surface area contributed by atoms with Crippen LogP contribution in [0.5, 0.6) is 0 Å². The molecule has 0 radical (unpaired) electrons. The van der Waals surface area contributed by atoms with Gasteiger partial charge in [-0.1, -0.05) is 0 Å². The summed E-state index contributed by atoms with van der Waals surface area (Å²) in [6.07, 6.45) is 4.67. The molecule has 2 aliphatic rings. The van der Waals surface area contributed by atoms with Gasteiger partial charge in [0.1, 0.15) is 0 Å². The molecular formula is C13H22N2O4. The van der Waals surface area contributed by atoms with Crippen molar-refractivity contribution in [2.75, 3.05) is 6.54 Å². The third-order valence-electron chi connectivity index (χ3n) is 3.53. The van der Waals surface area contributed by atoms with E-state index in [1.54, 1.807) is 4.90 Å². The van der Waals surface area contributed by atoms with E-state index in [2.05, 4.69) is 5.16 Å². The van der Waals surface area contributed by atoms with Gasteiger partial charge in [-0.15, -0.1) is 0 Å². The maximum Gasteiger partial charge on any atom is 0.407 e. The Kier molecular flexibility index (Phi) is 4.17. The van der Waals surface area contributed by atoms with Gasteiger partial charge in [-0.25, -0.2) is 4.79 Å². The van der Waals surface area contributed by atoms with Crippen LogP contribution in [0.25, 0.3) is 0 Å². The Morgan fingerprint density at radius 2 is 2.32 bits per heavy atom. The van der Waals surface area contributed by atoms with Crippen LogP contribution in [0.4, 0.5) is 4.79 Å². The number of hydrogen-bond donors (Lipinski definition) is 1. The fourth-order valence-corrected chi connectivity index (χ4v) is 2.62. The molecule has 0 aromatic carbocycles. The summed E-state index contributed by atoms with van der Waals surface area (Å²) in [6.45, 7) is 4.29. The standard InChI is InChI=1S/C13H22N2O4/c1-13(2)18-11(14-19-13)8-5-7-10-6-3-4-9-15(10)12(16)17/h10H,3-9H2,1-2H3,(H,16,17). The van der Waals surface area contributed by atoms with Gasteiger partial charge in [-0.3, -0.25) is 0 Å². The SMILES string of the molecule is CC1(C)ON=C(CCCC2CCCCN2C(=O)O)O1. The Morgan fingerprint density at radius 3 is 2.95 bits per heavy atom. The smallest absolute Gasteiger partial charge is 0.407 e. The Labute approximate surface area is 113 Å². The van der Waals surface area contributed by atoms with Crippen molar-refractivity contribution in [3.63, 3.8) is 0 Å². The minimum absolute atomic E-state index is 0.141. The van der Waals surface area contributed by atoms with Crippen molar-refractivity contribution in [3.05, 3.63) is 0 Å². The largest absolute Gasteiger partial charge is 0.465 e. The molecule has 2 rings (SSSR count). The fraction of sp³-hybridized carbons (Fsp3) is 0.846. The third kappa shape index (κ3) is 3.75. The molecular weight excluding hydrogens is 248 g/mol. The molecule has 19 heavy (non-hydrogen) atoms. The summed E-state index contributed by atoms with van der Waals surface area (Å²) < 4.78 is 5.51. The topological polar surface area (TPSA) is 71.4 Å². The average Bonchev–Trinajstić information content (AvgIpc) is 2.69. The summed E-state index contributed by atoms with van der Waals surface area (Å²) in [5.41, 5.74) is 0. The molecule has 1 unspecified atom stereocenters. The number of rotatable bonds is 4. The first-order valence-corrected chi connectivity index (χ1v) is 6.91. The highest BCUT2D eigenvalue weighted by Crippen LogP contribution is 2.24. The molecule has 6 heteroatoms. The molecule has 2 aliphatic heterocycles. The van der Waals surface area contributed by atoms with E-state index in [4.69, 9.17) is 14.7 Å². The molecule has 1 N–H and O–H groups in total. The lowest BCUT2D eigenvalue weighted by Gasteiger charge is -2.33. The van der Waals surface area contributed by atoms with Crippen molar-refractivity contribution in [3.8, 4) is 0 Å². The molecule has 0 saturated carbocycles. The molecule has 1 atom stereocenters.